The number of hydrogen-bond acceptors (Lipinski definition) is 3. The Kier molecular flexibility index (Phi) is 6.30. The third-order valence-electron chi connectivity index (χ3n) is 2.69. The van der Waals surface area contributed by atoms with E-state index in [2.05, 4.69) is 5.32 Å². The zero-order valence-electron chi connectivity index (χ0n) is 11.6. The number of esters is 1. The first-order chi connectivity index (χ1) is 9.36. The number of halogens is 2. The molecule has 4 nitrogen and oxygen atoms in total. The van der Waals surface area contributed by atoms with Crippen LogP contribution in [0.25, 0.3) is 0 Å². The molecule has 0 bridgehead atoms. The van der Waals surface area contributed by atoms with E-state index in [4.69, 9.17) is 27.9 Å². The lowest BCUT2D eigenvalue weighted by molar-refractivity contribution is -0.143. The van der Waals surface area contributed by atoms with E-state index < -0.39 is 17.9 Å². The van der Waals surface area contributed by atoms with Crippen molar-refractivity contribution < 1.29 is 14.3 Å². The third kappa shape index (κ3) is 4.39. The van der Waals surface area contributed by atoms with Gasteiger partial charge < -0.3 is 10.1 Å². The molecule has 6 heteroatoms. The minimum atomic E-state index is -0.706. The first-order valence-corrected chi connectivity index (χ1v) is 6.95. The van der Waals surface area contributed by atoms with Crippen LogP contribution in [0.1, 0.15) is 30.6 Å². The Bertz CT molecular complexity index is 503. The number of carbonyl (C=O) groups is 2. The lowest BCUT2D eigenvalue weighted by Crippen LogP contribution is -2.42. The van der Waals surface area contributed by atoms with Crippen molar-refractivity contribution in [3.05, 3.63) is 33.8 Å². The molecule has 1 aromatic carbocycles. The van der Waals surface area contributed by atoms with Gasteiger partial charge in [-0.3, -0.25) is 4.79 Å². The summed E-state index contributed by atoms with van der Waals surface area (Å²) < 4.78 is 4.69. The maximum absolute atomic E-state index is 12.2. The van der Waals surface area contributed by atoms with E-state index in [1.807, 2.05) is 13.8 Å². The van der Waals surface area contributed by atoms with Crippen LogP contribution in [0.15, 0.2) is 18.2 Å². The number of nitrogens with one attached hydrogen (secondary N) is 1. The Morgan fingerprint density at radius 3 is 2.50 bits per heavy atom. The standard InChI is InChI=1S/C14H17Cl2NO3/c1-8(2)7-11(14(19)20-3)17-13(18)9-5-4-6-10(15)12(9)16/h4-6,8,11H,7H2,1-3H3,(H,17,18). The van der Waals surface area contributed by atoms with Crippen molar-refractivity contribution in [2.45, 2.75) is 26.3 Å². The fourth-order valence-corrected chi connectivity index (χ4v) is 2.13. The van der Waals surface area contributed by atoms with E-state index in [0.717, 1.165) is 0 Å². The van der Waals surface area contributed by atoms with Crippen LogP contribution >= 0.6 is 23.2 Å². The van der Waals surface area contributed by atoms with Gasteiger partial charge in [-0.1, -0.05) is 43.1 Å². The summed E-state index contributed by atoms with van der Waals surface area (Å²) in [6.07, 6.45) is 0.483. The van der Waals surface area contributed by atoms with Crippen LogP contribution in [-0.4, -0.2) is 25.0 Å². The topological polar surface area (TPSA) is 55.4 Å². The van der Waals surface area contributed by atoms with Gasteiger partial charge in [-0.15, -0.1) is 0 Å². The number of amides is 1. The Hall–Kier alpha value is -1.26. The number of carbonyl (C=O) groups excluding carboxylic acids is 2. The molecule has 0 radical (unpaired) electrons. The van der Waals surface area contributed by atoms with E-state index in [1.165, 1.54) is 7.11 Å². The molecule has 1 N–H and O–H groups in total. The smallest absolute Gasteiger partial charge is 0.328 e. The molecule has 0 saturated heterocycles. The van der Waals surface area contributed by atoms with Crippen molar-refractivity contribution >= 4 is 35.1 Å². The van der Waals surface area contributed by atoms with Gasteiger partial charge in [0.05, 0.1) is 22.7 Å². The SMILES string of the molecule is COC(=O)C(CC(C)C)NC(=O)c1cccc(Cl)c1Cl. The highest BCUT2D eigenvalue weighted by Gasteiger charge is 2.24. The largest absolute Gasteiger partial charge is 0.467 e. The zero-order valence-corrected chi connectivity index (χ0v) is 13.1. The second-order valence-electron chi connectivity index (χ2n) is 4.78. The normalized spacial score (nSPS) is 12.1. The molecule has 1 atom stereocenters. The Balaban J connectivity index is 2.90. The van der Waals surface area contributed by atoms with Crippen LogP contribution < -0.4 is 5.32 Å². The summed E-state index contributed by atoms with van der Waals surface area (Å²) in [6.45, 7) is 3.91. The van der Waals surface area contributed by atoms with Crippen LogP contribution in [0.2, 0.25) is 10.0 Å². The highest BCUT2D eigenvalue weighted by molar-refractivity contribution is 6.43. The Morgan fingerprint density at radius 2 is 1.95 bits per heavy atom. The molecule has 0 fully saturated rings. The van der Waals surface area contributed by atoms with Gasteiger partial charge in [0.15, 0.2) is 0 Å². The molecule has 110 valence electrons. The summed E-state index contributed by atoms with van der Waals surface area (Å²) in [6, 6.07) is 4.06. The molecular weight excluding hydrogens is 301 g/mol. The minimum absolute atomic E-state index is 0.167. The van der Waals surface area contributed by atoms with Crippen LogP contribution in [0.4, 0.5) is 0 Å². The first-order valence-electron chi connectivity index (χ1n) is 6.19. The monoisotopic (exact) mass is 317 g/mol. The molecular formula is C14H17Cl2NO3. The van der Waals surface area contributed by atoms with E-state index >= 15 is 0 Å². The van der Waals surface area contributed by atoms with Gasteiger partial charge >= 0.3 is 5.97 Å². The molecule has 0 heterocycles. The molecule has 0 spiro atoms. The van der Waals surface area contributed by atoms with Crippen LogP contribution in [-0.2, 0) is 9.53 Å². The maximum atomic E-state index is 12.2. The summed E-state index contributed by atoms with van der Waals surface area (Å²) in [5.74, 6) is -0.701. The summed E-state index contributed by atoms with van der Waals surface area (Å²) >= 11 is 11.8. The molecule has 0 aliphatic heterocycles. The Labute approximate surface area is 128 Å². The average Bonchev–Trinajstić information content (AvgIpc) is 2.39. The molecule has 1 aromatic rings. The van der Waals surface area contributed by atoms with Crippen molar-refractivity contribution in [1.82, 2.24) is 5.32 Å². The molecule has 1 unspecified atom stereocenters. The zero-order chi connectivity index (χ0) is 15.3. The second-order valence-corrected chi connectivity index (χ2v) is 5.57. The van der Waals surface area contributed by atoms with E-state index in [-0.39, 0.29) is 21.5 Å². The molecule has 0 aliphatic carbocycles. The van der Waals surface area contributed by atoms with E-state index in [0.29, 0.717) is 6.42 Å². The number of methoxy groups -OCH3 is 1. The summed E-state index contributed by atoms with van der Waals surface area (Å²) in [7, 11) is 1.29. The van der Waals surface area contributed by atoms with Gasteiger partial charge in [-0.2, -0.15) is 0 Å². The lowest BCUT2D eigenvalue weighted by Gasteiger charge is -2.18. The molecule has 0 aliphatic rings. The minimum Gasteiger partial charge on any atom is -0.467 e. The fraction of sp³-hybridized carbons (Fsp3) is 0.429. The van der Waals surface area contributed by atoms with E-state index in [1.54, 1.807) is 18.2 Å². The van der Waals surface area contributed by atoms with Gasteiger partial charge in [-0.25, -0.2) is 4.79 Å². The van der Waals surface area contributed by atoms with Gasteiger partial charge in [0.2, 0.25) is 0 Å². The number of hydrogen-bond donors (Lipinski definition) is 1. The van der Waals surface area contributed by atoms with Crippen molar-refractivity contribution in [2.24, 2.45) is 5.92 Å². The molecule has 1 rings (SSSR count). The highest BCUT2D eigenvalue weighted by Crippen LogP contribution is 2.25. The van der Waals surface area contributed by atoms with Crippen molar-refractivity contribution in [3.8, 4) is 0 Å². The predicted molar refractivity (Wildman–Crippen MR) is 79.2 cm³/mol. The van der Waals surface area contributed by atoms with Crippen LogP contribution in [0, 0.1) is 5.92 Å². The summed E-state index contributed by atoms with van der Waals surface area (Å²) in [5.41, 5.74) is 0.233. The van der Waals surface area contributed by atoms with Crippen LogP contribution in [0.3, 0.4) is 0 Å². The van der Waals surface area contributed by atoms with Gasteiger partial charge in [0, 0.05) is 0 Å². The number of rotatable bonds is 5. The third-order valence-corrected chi connectivity index (χ3v) is 3.51. The molecule has 20 heavy (non-hydrogen) atoms. The van der Waals surface area contributed by atoms with Gasteiger partial charge in [0.1, 0.15) is 6.04 Å². The first kappa shape index (κ1) is 16.8. The number of benzene rings is 1. The summed E-state index contributed by atoms with van der Waals surface area (Å²) in [4.78, 5) is 23.8. The van der Waals surface area contributed by atoms with Crippen LogP contribution in [0.5, 0.6) is 0 Å². The molecule has 1 amide bonds. The molecule has 0 saturated carbocycles. The van der Waals surface area contributed by atoms with Crippen molar-refractivity contribution in [1.29, 1.82) is 0 Å². The predicted octanol–water partition coefficient (Wildman–Crippen LogP) is 3.31. The average molecular weight is 318 g/mol. The summed E-state index contributed by atoms with van der Waals surface area (Å²) in [5, 5.41) is 3.08. The quantitative estimate of drug-likeness (QED) is 0.848. The second kappa shape index (κ2) is 7.50. The highest BCUT2D eigenvalue weighted by atomic mass is 35.5. The van der Waals surface area contributed by atoms with Gasteiger partial charge in [0.25, 0.3) is 5.91 Å². The number of ether oxygens (including phenoxy) is 1. The lowest BCUT2D eigenvalue weighted by atomic mass is 10.0. The van der Waals surface area contributed by atoms with Crippen molar-refractivity contribution in [2.75, 3.05) is 7.11 Å². The fourth-order valence-electron chi connectivity index (χ4n) is 1.74. The van der Waals surface area contributed by atoms with E-state index in [9.17, 15) is 9.59 Å². The van der Waals surface area contributed by atoms with Crippen molar-refractivity contribution in [3.63, 3.8) is 0 Å². The molecule has 0 aromatic heterocycles. The van der Waals surface area contributed by atoms with Gasteiger partial charge in [-0.05, 0) is 24.5 Å². The maximum Gasteiger partial charge on any atom is 0.328 e. The Morgan fingerprint density at radius 1 is 1.30 bits per heavy atom.